The normalized spacial score (nSPS) is 10.8. The van der Waals surface area contributed by atoms with Crippen molar-refractivity contribution in [1.82, 2.24) is 15.6 Å². The van der Waals surface area contributed by atoms with Crippen LogP contribution < -0.4 is 15.4 Å². The van der Waals surface area contributed by atoms with E-state index in [1.54, 1.807) is 13.2 Å². The van der Waals surface area contributed by atoms with Gasteiger partial charge in [0.15, 0.2) is 5.96 Å². The number of nitrogens with zero attached hydrogens (tertiary/aromatic N) is 2. The Balaban J connectivity index is 0.00000312. The summed E-state index contributed by atoms with van der Waals surface area (Å²) in [5.74, 6) is 1.53. The maximum Gasteiger partial charge on any atom is 0.191 e. The Kier molecular flexibility index (Phi) is 10.3. The minimum Gasteiger partial charge on any atom is -0.493 e. The molecule has 0 saturated heterocycles. The molecule has 0 aliphatic carbocycles. The molecular formula is C18H24ClIN4O. The summed E-state index contributed by atoms with van der Waals surface area (Å²) in [4.78, 5) is 8.54. The van der Waals surface area contributed by atoms with Crippen LogP contribution in [-0.2, 0) is 13.0 Å². The largest absolute Gasteiger partial charge is 0.493 e. The Morgan fingerprint density at radius 1 is 1.24 bits per heavy atom. The fourth-order valence-electron chi connectivity index (χ4n) is 2.22. The Hall–Kier alpha value is -1.54. The van der Waals surface area contributed by atoms with Crippen LogP contribution in [0.2, 0.25) is 5.02 Å². The van der Waals surface area contributed by atoms with Crippen molar-refractivity contribution in [1.29, 1.82) is 0 Å². The third-order valence-corrected chi connectivity index (χ3v) is 3.63. The third-order valence-electron chi connectivity index (χ3n) is 3.40. The summed E-state index contributed by atoms with van der Waals surface area (Å²) < 4.78 is 5.63. The average Bonchev–Trinajstić information content (AvgIpc) is 2.60. The quantitative estimate of drug-likeness (QED) is 0.365. The molecule has 0 radical (unpaired) electrons. The first-order chi connectivity index (χ1) is 11.7. The van der Waals surface area contributed by atoms with Crippen LogP contribution in [0, 0.1) is 0 Å². The van der Waals surface area contributed by atoms with E-state index in [0.29, 0.717) is 18.2 Å². The highest BCUT2D eigenvalue weighted by molar-refractivity contribution is 14.0. The third kappa shape index (κ3) is 7.48. The molecule has 0 amide bonds. The molecule has 7 heteroatoms. The van der Waals surface area contributed by atoms with Crippen molar-refractivity contribution in [2.45, 2.75) is 19.9 Å². The van der Waals surface area contributed by atoms with E-state index in [4.69, 9.17) is 16.3 Å². The van der Waals surface area contributed by atoms with Crippen LogP contribution in [0.1, 0.15) is 18.2 Å². The van der Waals surface area contributed by atoms with Gasteiger partial charge in [0.25, 0.3) is 0 Å². The van der Waals surface area contributed by atoms with Gasteiger partial charge in [0.1, 0.15) is 5.75 Å². The highest BCUT2D eigenvalue weighted by Gasteiger charge is 2.06. The van der Waals surface area contributed by atoms with Gasteiger partial charge in [-0.2, -0.15) is 0 Å². The first-order valence-corrected chi connectivity index (χ1v) is 8.36. The van der Waals surface area contributed by atoms with E-state index in [1.165, 1.54) is 0 Å². The number of hydrogen-bond donors (Lipinski definition) is 2. The summed E-state index contributed by atoms with van der Waals surface area (Å²) in [5, 5.41) is 7.24. The fraction of sp³-hybridized carbons (Fsp3) is 0.333. The van der Waals surface area contributed by atoms with Crippen molar-refractivity contribution in [3.8, 4) is 5.75 Å². The number of nitrogens with one attached hydrogen (secondary N) is 2. The molecule has 2 N–H and O–H groups in total. The smallest absolute Gasteiger partial charge is 0.191 e. The Bertz CT molecular complexity index is 667. The molecule has 1 aromatic heterocycles. The second-order valence-corrected chi connectivity index (χ2v) is 5.55. The van der Waals surface area contributed by atoms with Crippen LogP contribution in [0.3, 0.4) is 0 Å². The summed E-state index contributed by atoms with van der Waals surface area (Å²) in [6.07, 6.45) is 2.64. The van der Waals surface area contributed by atoms with Gasteiger partial charge in [0.2, 0.25) is 0 Å². The zero-order chi connectivity index (χ0) is 17.2. The zero-order valence-electron chi connectivity index (χ0n) is 14.5. The van der Waals surface area contributed by atoms with Crippen molar-refractivity contribution < 1.29 is 4.74 Å². The molecule has 0 fully saturated rings. The van der Waals surface area contributed by atoms with Crippen molar-refractivity contribution in [3.05, 3.63) is 58.9 Å². The summed E-state index contributed by atoms with van der Waals surface area (Å²) in [7, 11) is 1.75. The number of aromatic nitrogens is 1. The molecule has 5 nitrogen and oxygen atoms in total. The van der Waals surface area contributed by atoms with E-state index in [-0.39, 0.29) is 24.0 Å². The van der Waals surface area contributed by atoms with E-state index in [2.05, 4.69) is 20.6 Å². The van der Waals surface area contributed by atoms with Gasteiger partial charge in [0, 0.05) is 49.0 Å². The van der Waals surface area contributed by atoms with Crippen LogP contribution in [0.15, 0.2) is 47.6 Å². The molecule has 2 aromatic rings. The molecule has 0 bridgehead atoms. The predicted octanol–water partition coefficient (Wildman–Crippen LogP) is 3.66. The van der Waals surface area contributed by atoms with Gasteiger partial charge < -0.3 is 15.4 Å². The number of halogens is 2. The van der Waals surface area contributed by atoms with Crippen molar-refractivity contribution in [3.63, 3.8) is 0 Å². The van der Waals surface area contributed by atoms with E-state index in [9.17, 15) is 0 Å². The lowest BCUT2D eigenvalue weighted by Gasteiger charge is -2.14. The van der Waals surface area contributed by atoms with Gasteiger partial charge in [0.05, 0.1) is 6.61 Å². The minimum absolute atomic E-state index is 0. The fourth-order valence-corrected chi connectivity index (χ4v) is 2.38. The standard InChI is InChI=1S/C18H23ClN4O.HI/c1-3-24-17-12-15(19)8-7-14(17)13-23-18(20-2)22-11-9-16-6-4-5-10-21-16;/h4-8,10,12H,3,9,11,13H2,1-2H3,(H2,20,22,23);1H. The van der Waals surface area contributed by atoms with E-state index in [0.717, 1.165) is 35.9 Å². The summed E-state index contributed by atoms with van der Waals surface area (Å²) in [6.45, 7) is 3.92. The lowest BCUT2D eigenvalue weighted by atomic mass is 10.2. The molecule has 136 valence electrons. The first-order valence-electron chi connectivity index (χ1n) is 7.98. The van der Waals surface area contributed by atoms with Crippen molar-refractivity contribution >= 4 is 41.5 Å². The van der Waals surface area contributed by atoms with Gasteiger partial charge in [-0.1, -0.05) is 23.7 Å². The lowest BCUT2D eigenvalue weighted by Crippen LogP contribution is -2.38. The molecule has 0 spiro atoms. The highest BCUT2D eigenvalue weighted by Crippen LogP contribution is 2.23. The molecule has 0 saturated carbocycles. The highest BCUT2D eigenvalue weighted by atomic mass is 127. The molecule has 0 unspecified atom stereocenters. The van der Waals surface area contributed by atoms with E-state index < -0.39 is 0 Å². The molecular weight excluding hydrogens is 451 g/mol. The molecule has 25 heavy (non-hydrogen) atoms. The van der Waals surface area contributed by atoms with E-state index in [1.807, 2.05) is 43.3 Å². The minimum atomic E-state index is 0. The predicted molar refractivity (Wildman–Crippen MR) is 114 cm³/mol. The first kappa shape index (κ1) is 21.5. The second kappa shape index (κ2) is 11.9. The average molecular weight is 475 g/mol. The molecule has 1 aromatic carbocycles. The Morgan fingerprint density at radius 3 is 2.76 bits per heavy atom. The number of guanidine groups is 1. The van der Waals surface area contributed by atoms with Gasteiger partial charge in [-0.3, -0.25) is 9.98 Å². The van der Waals surface area contributed by atoms with Crippen molar-refractivity contribution in [2.75, 3.05) is 20.2 Å². The summed E-state index contributed by atoms with van der Waals surface area (Å²) in [6, 6.07) is 11.6. The van der Waals surface area contributed by atoms with Gasteiger partial charge in [-0.05, 0) is 31.2 Å². The summed E-state index contributed by atoms with van der Waals surface area (Å²) >= 11 is 6.03. The maximum absolute atomic E-state index is 6.03. The maximum atomic E-state index is 6.03. The topological polar surface area (TPSA) is 58.5 Å². The molecule has 0 atom stereocenters. The van der Waals surface area contributed by atoms with Gasteiger partial charge >= 0.3 is 0 Å². The van der Waals surface area contributed by atoms with Crippen molar-refractivity contribution in [2.24, 2.45) is 4.99 Å². The van der Waals surface area contributed by atoms with E-state index >= 15 is 0 Å². The zero-order valence-corrected chi connectivity index (χ0v) is 17.5. The van der Waals surface area contributed by atoms with Crippen LogP contribution in [-0.4, -0.2) is 31.1 Å². The lowest BCUT2D eigenvalue weighted by molar-refractivity contribution is 0.336. The second-order valence-electron chi connectivity index (χ2n) is 5.11. The molecule has 0 aliphatic rings. The number of hydrogen-bond acceptors (Lipinski definition) is 3. The van der Waals surface area contributed by atoms with Gasteiger partial charge in [-0.15, -0.1) is 24.0 Å². The number of aliphatic imine (C=N–C) groups is 1. The van der Waals surface area contributed by atoms with Crippen LogP contribution in [0.4, 0.5) is 0 Å². The number of pyridine rings is 1. The number of rotatable bonds is 7. The molecule has 0 aliphatic heterocycles. The SMILES string of the molecule is CCOc1cc(Cl)ccc1CNC(=NC)NCCc1ccccn1.I. The van der Waals surface area contributed by atoms with Crippen LogP contribution in [0.25, 0.3) is 0 Å². The van der Waals surface area contributed by atoms with Gasteiger partial charge in [-0.25, -0.2) is 0 Å². The molecule has 1 heterocycles. The van der Waals surface area contributed by atoms with Crippen LogP contribution >= 0.6 is 35.6 Å². The number of ether oxygens (including phenoxy) is 1. The Labute approximate surface area is 171 Å². The van der Waals surface area contributed by atoms with Crippen LogP contribution in [0.5, 0.6) is 5.75 Å². The number of benzene rings is 1. The molecule has 2 rings (SSSR count). The monoisotopic (exact) mass is 474 g/mol. The Morgan fingerprint density at radius 2 is 2.08 bits per heavy atom. The summed E-state index contributed by atoms with van der Waals surface area (Å²) in [5.41, 5.74) is 2.09.